The fraction of sp³-hybridized carbons (Fsp3) is 0.480. The molecule has 1 heterocycles. The van der Waals surface area contributed by atoms with E-state index in [0.717, 1.165) is 23.5 Å². The summed E-state index contributed by atoms with van der Waals surface area (Å²) in [5.74, 6) is -0.440. The van der Waals surface area contributed by atoms with Gasteiger partial charge in [0.15, 0.2) is 5.75 Å². The van der Waals surface area contributed by atoms with Gasteiger partial charge in [-0.15, -0.1) is 0 Å². The zero-order valence-electron chi connectivity index (χ0n) is 19.8. The number of hydroxylamine groups is 4. The Hall–Kier alpha value is -3.17. The van der Waals surface area contributed by atoms with E-state index in [1.807, 2.05) is 30.3 Å². The molecule has 0 aliphatic heterocycles. The minimum absolute atomic E-state index is 0.176. The molecular formula is C25H35N3O6. The lowest BCUT2D eigenvalue weighted by molar-refractivity contribution is -0.166. The second-order valence-corrected chi connectivity index (χ2v) is 8.18. The summed E-state index contributed by atoms with van der Waals surface area (Å²) in [6.07, 6.45) is 5.90. The van der Waals surface area contributed by atoms with Gasteiger partial charge in [-0.05, 0) is 49.8 Å². The first kappa shape index (κ1) is 27.1. The fourth-order valence-electron chi connectivity index (χ4n) is 3.38. The number of ether oxygens (including phenoxy) is 1. The highest BCUT2D eigenvalue weighted by Crippen LogP contribution is 2.09. The highest BCUT2D eigenvalue weighted by molar-refractivity contribution is 5.74. The topological polar surface area (TPSA) is 112 Å². The van der Waals surface area contributed by atoms with Crippen molar-refractivity contribution < 1.29 is 24.7 Å². The average molecular weight is 474 g/mol. The summed E-state index contributed by atoms with van der Waals surface area (Å²) in [5.41, 5.74) is 0.815. The van der Waals surface area contributed by atoms with E-state index in [-0.39, 0.29) is 31.0 Å². The Morgan fingerprint density at radius 3 is 2.26 bits per heavy atom. The highest BCUT2D eigenvalue weighted by Gasteiger charge is 2.11. The minimum atomic E-state index is -0.411. The quantitative estimate of drug-likeness (QED) is 0.232. The lowest BCUT2D eigenvalue weighted by Gasteiger charge is -2.15. The van der Waals surface area contributed by atoms with E-state index in [0.29, 0.717) is 49.6 Å². The molecule has 0 spiro atoms. The van der Waals surface area contributed by atoms with E-state index in [9.17, 15) is 24.8 Å². The molecule has 2 amide bonds. The van der Waals surface area contributed by atoms with E-state index in [4.69, 9.17) is 4.74 Å². The van der Waals surface area contributed by atoms with Crippen molar-refractivity contribution in [2.45, 2.75) is 65.0 Å². The summed E-state index contributed by atoms with van der Waals surface area (Å²) in [6, 6.07) is 13.1. The number of rotatable bonds is 15. The van der Waals surface area contributed by atoms with Gasteiger partial charge in [-0.3, -0.25) is 24.8 Å². The Kier molecular flexibility index (Phi) is 11.8. The third kappa shape index (κ3) is 9.76. The van der Waals surface area contributed by atoms with Gasteiger partial charge in [0.1, 0.15) is 6.61 Å². The monoisotopic (exact) mass is 473 g/mol. The third-order valence-electron chi connectivity index (χ3n) is 5.40. The number of pyridine rings is 1. The van der Waals surface area contributed by atoms with Crippen molar-refractivity contribution in [3.05, 3.63) is 64.6 Å². The van der Waals surface area contributed by atoms with Crippen molar-refractivity contribution in [1.29, 1.82) is 0 Å². The third-order valence-corrected chi connectivity index (χ3v) is 5.40. The van der Waals surface area contributed by atoms with Crippen LogP contribution in [0.5, 0.6) is 5.75 Å². The Bertz CT molecular complexity index is 947. The molecular weight excluding hydrogens is 438 g/mol. The number of nitrogens with zero attached hydrogens (tertiary/aromatic N) is 3. The van der Waals surface area contributed by atoms with E-state index >= 15 is 0 Å². The minimum Gasteiger partial charge on any atom is -0.483 e. The second kappa shape index (κ2) is 14.9. The average Bonchev–Trinajstić information content (AvgIpc) is 2.83. The summed E-state index contributed by atoms with van der Waals surface area (Å²) < 4.78 is 7.29. The molecule has 186 valence electrons. The molecule has 1 aromatic heterocycles. The van der Waals surface area contributed by atoms with Crippen molar-refractivity contribution >= 4 is 11.8 Å². The van der Waals surface area contributed by atoms with Gasteiger partial charge in [0.2, 0.25) is 11.8 Å². The molecule has 2 N–H and O–H groups in total. The van der Waals surface area contributed by atoms with Crippen LogP contribution in [0.25, 0.3) is 0 Å². The number of aryl methyl sites for hydroxylation is 1. The van der Waals surface area contributed by atoms with Crippen LogP contribution in [-0.4, -0.2) is 50.0 Å². The van der Waals surface area contributed by atoms with Crippen LogP contribution in [0.2, 0.25) is 0 Å². The van der Waals surface area contributed by atoms with Crippen LogP contribution < -0.4 is 10.3 Å². The lowest BCUT2D eigenvalue weighted by atomic mass is 10.1. The lowest BCUT2D eigenvalue weighted by Crippen LogP contribution is -2.28. The number of carbonyl (C=O) groups is 2. The zero-order chi connectivity index (χ0) is 24.8. The van der Waals surface area contributed by atoms with Crippen LogP contribution in [0, 0.1) is 0 Å². The van der Waals surface area contributed by atoms with Gasteiger partial charge >= 0.3 is 0 Å². The number of carbonyl (C=O) groups excluding carboxylic acids is 2. The van der Waals surface area contributed by atoms with Crippen molar-refractivity contribution in [1.82, 2.24) is 14.7 Å². The van der Waals surface area contributed by atoms with Crippen LogP contribution in [0.15, 0.2) is 53.5 Å². The Labute approximate surface area is 200 Å². The molecule has 0 atom stereocenters. The molecule has 0 aliphatic carbocycles. The first-order valence-electron chi connectivity index (χ1n) is 11.7. The van der Waals surface area contributed by atoms with Crippen molar-refractivity contribution in [2.24, 2.45) is 0 Å². The number of aromatic nitrogens is 1. The van der Waals surface area contributed by atoms with Gasteiger partial charge in [-0.2, -0.15) is 0 Å². The highest BCUT2D eigenvalue weighted by atomic mass is 16.5. The number of unbranched alkanes of at least 4 members (excludes halogenated alkanes) is 4. The zero-order valence-corrected chi connectivity index (χ0v) is 19.8. The predicted octanol–water partition coefficient (Wildman–Crippen LogP) is 3.61. The standard InChI is InChI=1S/C25H35N3O6/c1-21(29)27(32)18-9-3-7-15-24(30)28(33)19-10-4-8-16-26-17-11-14-23(25(26)31)34-20-22-12-5-2-6-13-22/h2,5-6,11-14,17,32-33H,3-4,7-10,15-16,18-20H2,1H3. The molecule has 2 rings (SSSR count). The van der Waals surface area contributed by atoms with Crippen molar-refractivity contribution in [2.75, 3.05) is 13.1 Å². The Balaban J connectivity index is 1.61. The summed E-state index contributed by atoms with van der Waals surface area (Å²) in [6.45, 7) is 2.62. The molecule has 9 nitrogen and oxygen atoms in total. The van der Waals surface area contributed by atoms with Gasteiger partial charge in [0.25, 0.3) is 5.56 Å². The molecule has 0 unspecified atom stereocenters. The maximum atomic E-state index is 12.6. The Morgan fingerprint density at radius 1 is 0.882 bits per heavy atom. The van der Waals surface area contributed by atoms with E-state index in [2.05, 4.69) is 0 Å². The predicted molar refractivity (Wildman–Crippen MR) is 126 cm³/mol. The van der Waals surface area contributed by atoms with E-state index in [1.165, 1.54) is 6.92 Å². The molecule has 0 bridgehead atoms. The van der Waals surface area contributed by atoms with E-state index < -0.39 is 5.91 Å². The molecule has 1 aromatic carbocycles. The van der Waals surface area contributed by atoms with Gasteiger partial charge in [-0.25, -0.2) is 10.1 Å². The summed E-state index contributed by atoms with van der Waals surface area (Å²) in [5, 5.41) is 20.6. The fourth-order valence-corrected chi connectivity index (χ4v) is 3.38. The second-order valence-electron chi connectivity index (χ2n) is 8.18. The number of benzene rings is 1. The normalized spacial score (nSPS) is 10.7. The summed E-state index contributed by atoms with van der Waals surface area (Å²) in [4.78, 5) is 35.5. The van der Waals surface area contributed by atoms with Crippen LogP contribution in [-0.2, 0) is 22.7 Å². The molecule has 0 radical (unpaired) electrons. The van der Waals surface area contributed by atoms with E-state index in [1.54, 1.807) is 22.9 Å². The molecule has 0 fully saturated rings. The smallest absolute Gasteiger partial charge is 0.292 e. The molecule has 0 saturated heterocycles. The number of amides is 2. The maximum absolute atomic E-state index is 12.6. The van der Waals surface area contributed by atoms with Crippen LogP contribution in [0.1, 0.15) is 57.4 Å². The first-order valence-corrected chi connectivity index (χ1v) is 11.7. The molecule has 34 heavy (non-hydrogen) atoms. The molecule has 2 aromatic rings. The maximum Gasteiger partial charge on any atom is 0.292 e. The van der Waals surface area contributed by atoms with Gasteiger partial charge in [0.05, 0.1) is 0 Å². The largest absolute Gasteiger partial charge is 0.483 e. The number of hydrogen-bond acceptors (Lipinski definition) is 6. The van der Waals surface area contributed by atoms with Crippen LogP contribution >= 0.6 is 0 Å². The van der Waals surface area contributed by atoms with Crippen molar-refractivity contribution in [3.63, 3.8) is 0 Å². The van der Waals surface area contributed by atoms with Gasteiger partial charge < -0.3 is 9.30 Å². The van der Waals surface area contributed by atoms with Crippen LogP contribution in [0.4, 0.5) is 0 Å². The molecule has 0 aliphatic rings. The molecule has 9 heteroatoms. The SMILES string of the molecule is CC(=O)N(O)CCCCCC(=O)N(O)CCCCCn1cccc(OCc2ccccc2)c1=O. The summed E-state index contributed by atoms with van der Waals surface area (Å²) in [7, 11) is 0. The summed E-state index contributed by atoms with van der Waals surface area (Å²) >= 11 is 0. The number of hydrogen-bond donors (Lipinski definition) is 2. The van der Waals surface area contributed by atoms with Crippen LogP contribution in [0.3, 0.4) is 0 Å². The van der Waals surface area contributed by atoms with Gasteiger partial charge in [0, 0.05) is 39.2 Å². The van der Waals surface area contributed by atoms with Gasteiger partial charge in [-0.1, -0.05) is 36.8 Å². The Morgan fingerprint density at radius 2 is 1.56 bits per heavy atom. The van der Waals surface area contributed by atoms with Crippen molar-refractivity contribution in [3.8, 4) is 5.75 Å². The first-order chi connectivity index (χ1) is 16.4. The molecule has 0 saturated carbocycles.